The van der Waals surface area contributed by atoms with Gasteiger partial charge >= 0.3 is 6.09 Å². The molecule has 2 atom stereocenters. The zero-order chi connectivity index (χ0) is 20.6. The molecular weight excluding hydrogens is 366 g/mol. The van der Waals surface area contributed by atoms with E-state index in [1.807, 2.05) is 39.4 Å². The summed E-state index contributed by atoms with van der Waals surface area (Å²) in [5.41, 5.74) is 3.13. The third kappa shape index (κ3) is 4.32. The van der Waals surface area contributed by atoms with Crippen molar-refractivity contribution in [3.05, 3.63) is 42.4 Å². The predicted molar refractivity (Wildman–Crippen MR) is 112 cm³/mol. The summed E-state index contributed by atoms with van der Waals surface area (Å²) in [4.78, 5) is 16.3. The molecule has 0 saturated heterocycles. The van der Waals surface area contributed by atoms with Crippen molar-refractivity contribution in [3.8, 4) is 11.3 Å². The highest BCUT2D eigenvalue weighted by molar-refractivity contribution is 5.69. The van der Waals surface area contributed by atoms with Crippen molar-refractivity contribution in [2.75, 3.05) is 0 Å². The molecule has 0 spiro atoms. The standard InChI is InChI=1S/C23H31N3O3/c1-23(2,3)29-22(28)25-16-10-8-15(9-11-16)21(27)12-19-17-6-4-5-7-18(17)20-13-24-14-26(19)20/h4-7,13-16,19,21,27H,8-12H2,1-3H3,(H,25,28)/t15?,16?,19-,21+/m0/s1. The average molecular weight is 398 g/mol. The highest BCUT2D eigenvalue weighted by Crippen LogP contribution is 2.42. The lowest BCUT2D eigenvalue weighted by Gasteiger charge is -2.33. The highest BCUT2D eigenvalue weighted by atomic mass is 16.6. The zero-order valence-electron chi connectivity index (χ0n) is 17.5. The quantitative estimate of drug-likeness (QED) is 0.807. The van der Waals surface area contributed by atoms with E-state index in [4.69, 9.17) is 4.74 Å². The van der Waals surface area contributed by atoms with Crippen LogP contribution in [0.15, 0.2) is 36.8 Å². The lowest BCUT2D eigenvalue weighted by molar-refractivity contribution is 0.0429. The van der Waals surface area contributed by atoms with E-state index in [9.17, 15) is 9.90 Å². The maximum Gasteiger partial charge on any atom is 0.407 e. The highest BCUT2D eigenvalue weighted by Gasteiger charge is 2.34. The fourth-order valence-electron chi connectivity index (χ4n) is 4.72. The van der Waals surface area contributed by atoms with Crippen molar-refractivity contribution in [3.63, 3.8) is 0 Å². The topological polar surface area (TPSA) is 76.4 Å². The summed E-state index contributed by atoms with van der Waals surface area (Å²) in [6.45, 7) is 5.60. The fraction of sp³-hybridized carbons (Fsp3) is 0.565. The fourth-order valence-corrected chi connectivity index (χ4v) is 4.72. The van der Waals surface area contributed by atoms with E-state index in [-0.39, 0.29) is 30.2 Å². The number of carbonyl (C=O) groups is 1. The predicted octanol–water partition coefficient (Wildman–Crippen LogP) is 4.29. The molecule has 6 heteroatoms. The number of ether oxygens (including phenoxy) is 1. The van der Waals surface area contributed by atoms with Crippen LogP contribution in [-0.2, 0) is 4.74 Å². The third-order valence-electron chi connectivity index (χ3n) is 6.10. The van der Waals surface area contributed by atoms with Crippen LogP contribution in [0.3, 0.4) is 0 Å². The lowest BCUT2D eigenvalue weighted by atomic mass is 9.80. The van der Waals surface area contributed by atoms with Gasteiger partial charge in [0, 0.05) is 11.6 Å². The van der Waals surface area contributed by atoms with Gasteiger partial charge in [-0.2, -0.15) is 0 Å². The molecule has 29 heavy (non-hydrogen) atoms. The molecule has 1 aromatic heterocycles. The normalized spacial score (nSPS) is 24.5. The number of imidazole rings is 1. The van der Waals surface area contributed by atoms with Gasteiger partial charge in [-0.15, -0.1) is 0 Å². The van der Waals surface area contributed by atoms with E-state index >= 15 is 0 Å². The van der Waals surface area contributed by atoms with Crippen molar-refractivity contribution < 1.29 is 14.6 Å². The van der Waals surface area contributed by atoms with Crippen LogP contribution in [0.4, 0.5) is 4.79 Å². The van der Waals surface area contributed by atoms with Gasteiger partial charge in [-0.3, -0.25) is 0 Å². The van der Waals surface area contributed by atoms with Crippen LogP contribution in [0, 0.1) is 5.92 Å². The number of benzene rings is 1. The maximum atomic E-state index is 12.0. The van der Waals surface area contributed by atoms with Gasteiger partial charge in [0.15, 0.2) is 0 Å². The molecule has 0 unspecified atom stereocenters. The van der Waals surface area contributed by atoms with Crippen molar-refractivity contribution in [2.45, 2.75) is 76.7 Å². The Balaban J connectivity index is 1.33. The molecule has 156 valence electrons. The van der Waals surface area contributed by atoms with E-state index in [1.54, 1.807) is 0 Å². The first-order chi connectivity index (χ1) is 13.8. The van der Waals surface area contributed by atoms with Gasteiger partial charge in [0.1, 0.15) is 5.60 Å². The molecule has 2 heterocycles. The molecule has 1 aliphatic heterocycles. The van der Waals surface area contributed by atoms with Crippen molar-refractivity contribution in [1.29, 1.82) is 0 Å². The molecule has 0 radical (unpaired) electrons. The Morgan fingerprint density at radius 2 is 2.00 bits per heavy atom. The lowest BCUT2D eigenvalue weighted by Crippen LogP contribution is -2.42. The monoisotopic (exact) mass is 397 g/mol. The SMILES string of the molecule is CC(C)(C)OC(=O)NC1CCC([C@H](O)C[C@H]2c3ccccc3-c3cncn32)CC1. The minimum absolute atomic E-state index is 0.126. The van der Waals surface area contributed by atoms with E-state index in [0.717, 1.165) is 31.4 Å². The number of aliphatic hydroxyl groups is 1. The minimum Gasteiger partial charge on any atom is -0.444 e. The smallest absolute Gasteiger partial charge is 0.407 e. The van der Waals surface area contributed by atoms with Gasteiger partial charge in [-0.1, -0.05) is 24.3 Å². The Morgan fingerprint density at radius 1 is 1.28 bits per heavy atom. The van der Waals surface area contributed by atoms with Crippen molar-refractivity contribution >= 4 is 6.09 Å². The average Bonchev–Trinajstić information content (AvgIpc) is 3.23. The number of aliphatic hydroxyl groups excluding tert-OH is 1. The van der Waals surface area contributed by atoms with Crippen LogP contribution in [0.5, 0.6) is 0 Å². The molecular formula is C23H31N3O3. The second-order valence-electron chi connectivity index (χ2n) is 9.35. The first-order valence-electron chi connectivity index (χ1n) is 10.6. The number of aromatic nitrogens is 2. The second-order valence-corrected chi connectivity index (χ2v) is 9.35. The van der Waals surface area contributed by atoms with Gasteiger partial charge in [0.25, 0.3) is 0 Å². The maximum absolute atomic E-state index is 12.0. The van der Waals surface area contributed by atoms with Crippen LogP contribution in [0.25, 0.3) is 11.3 Å². The Morgan fingerprint density at radius 3 is 2.72 bits per heavy atom. The van der Waals surface area contributed by atoms with Crippen LogP contribution in [0.2, 0.25) is 0 Å². The number of rotatable bonds is 4. The molecule has 1 fully saturated rings. The Hall–Kier alpha value is -2.34. The number of alkyl carbamates (subject to hydrolysis) is 1. The number of nitrogens with one attached hydrogen (secondary N) is 1. The summed E-state index contributed by atoms with van der Waals surface area (Å²) in [6, 6.07) is 8.65. The van der Waals surface area contributed by atoms with Gasteiger partial charge in [0.2, 0.25) is 0 Å². The summed E-state index contributed by atoms with van der Waals surface area (Å²) in [6.07, 6.45) is 7.31. The van der Waals surface area contributed by atoms with Gasteiger partial charge in [-0.05, 0) is 64.4 Å². The molecule has 2 N–H and O–H groups in total. The van der Waals surface area contributed by atoms with Crippen LogP contribution >= 0.6 is 0 Å². The molecule has 2 aromatic rings. The number of carbonyl (C=O) groups excluding carboxylic acids is 1. The number of hydrogen-bond donors (Lipinski definition) is 2. The molecule has 1 aromatic carbocycles. The van der Waals surface area contributed by atoms with E-state index in [2.05, 4.69) is 33.1 Å². The summed E-state index contributed by atoms with van der Waals surface area (Å²) < 4.78 is 7.54. The Kier molecular flexibility index (Phi) is 5.38. The summed E-state index contributed by atoms with van der Waals surface area (Å²) in [5.74, 6) is 0.256. The molecule has 2 aliphatic rings. The van der Waals surface area contributed by atoms with Gasteiger partial charge < -0.3 is 19.7 Å². The zero-order valence-corrected chi connectivity index (χ0v) is 17.5. The van der Waals surface area contributed by atoms with Crippen molar-refractivity contribution in [2.24, 2.45) is 5.92 Å². The first kappa shape index (κ1) is 20.0. The minimum atomic E-state index is -0.485. The van der Waals surface area contributed by atoms with Crippen LogP contribution in [0.1, 0.15) is 64.5 Å². The number of fused-ring (bicyclic) bond motifs is 3. The molecule has 4 rings (SSSR count). The van der Waals surface area contributed by atoms with E-state index < -0.39 is 5.60 Å². The van der Waals surface area contributed by atoms with Gasteiger partial charge in [-0.25, -0.2) is 9.78 Å². The van der Waals surface area contributed by atoms with Crippen molar-refractivity contribution in [1.82, 2.24) is 14.9 Å². The molecule has 1 amide bonds. The summed E-state index contributed by atoms with van der Waals surface area (Å²) in [5, 5.41) is 14.0. The molecule has 0 bridgehead atoms. The molecule has 1 aliphatic carbocycles. The third-order valence-corrected chi connectivity index (χ3v) is 6.10. The van der Waals surface area contributed by atoms with Gasteiger partial charge in [0.05, 0.1) is 30.4 Å². The number of amides is 1. The first-order valence-corrected chi connectivity index (χ1v) is 10.6. The second kappa shape index (κ2) is 7.82. The summed E-state index contributed by atoms with van der Waals surface area (Å²) >= 11 is 0. The summed E-state index contributed by atoms with van der Waals surface area (Å²) in [7, 11) is 0. The molecule has 6 nitrogen and oxygen atoms in total. The van der Waals surface area contributed by atoms with Crippen LogP contribution < -0.4 is 5.32 Å². The molecule has 1 saturated carbocycles. The van der Waals surface area contributed by atoms with E-state index in [0.29, 0.717) is 6.42 Å². The largest absolute Gasteiger partial charge is 0.444 e. The van der Waals surface area contributed by atoms with E-state index in [1.165, 1.54) is 11.1 Å². The number of nitrogens with zero attached hydrogens (tertiary/aromatic N) is 2. The van der Waals surface area contributed by atoms with Crippen LogP contribution in [-0.4, -0.2) is 38.5 Å². The number of hydrogen-bond acceptors (Lipinski definition) is 4. The Bertz CT molecular complexity index is 862. The Labute approximate surface area is 172 Å².